The number of ketones is 1. The number of pyridine rings is 1. The van der Waals surface area contributed by atoms with Gasteiger partial charge in [-0.2, -0.15) is 0 Å². The quantitative estimate of drug-likeness (QED) is 0.478. The minimum atomic E-state index is -0.407. The van der Waals surface area contributed by atoms with Gasteiger partial charge in [0.15, 0.2) is 12.1 Å². The summed E-state index contributed by atoms with van der Waals surface area (Å²) >= 11 is 0. The number of amides is 2. The highest BCUT2D eigenvalue weighted by Gasteiger charge is 2.36. The zero-order chi connectivity index (χ0) is 16.4. The predicted molar refractivity (Wildman–Crippen MR) is 80.7 cm³/mol. The van der Waals surface area contributed by atoms with Gasteiger partial charge in [-0.15, -0.1) is 0 Å². The number of allylic oxidation sites excluding steroid dienone is 3. The van der Waals surface area contributed by atoms with Crippen molar-refractivity contribution in [2.75, 3.05) is 6.54 Å². The van der Waals surface area contributed by atoms with E-state index in [9.17, 15) is 19.2 Å². The maximum absolute atomic E-state index is 12.2. The van der Waals surface area contributed by atoms with Crippen LogP contribution < -0.4 is 0 Å². The maximum atomic E-state index is 12.2. The Morgan fingerprint density at radius 3 is 2.78 bits per heavy atom. The van der Waals surface area contributed by atoms with Crippen LogP contribution in [0.25, 0.3) is 0 Å². The third kappa shape index (κ3) is 2.75. The van der Waals surface area contributed by atoms with E-state index in [0.717, 1.165) is 10.5 Å². The Labute approximate surface area is 132 Å². The Morgan fingerprint density at radius 1 is 1.22 bits per heavy atom. The fourth-order valence-corrected chi connectivity index (χ4v) is 2.70. The fraction of sp³-hybridized carbons (Fsp3) is 0.235. The van der Waals surface area contributed by atoms with Gasteiger partial charge in [-0.3, -0.25) is 29.1 Å². The Bertz CT molecular complexity index is 742. The topological polar surface area (TPSA) is 84.4 Å². The van der Waals surface area contributed by atoms with Gasteiger partial charge < -0.3 is 0 Å². The van der Waals surface area contributed by atoms with Crippen molar-refractivity contribution in [1.82, 2.24) is 9.88 Å². The molecule has 1 aromatic heterocycles. The molecule has 0 fully saturated rings. The average molecular weight is 310 g/mol. The first-order valence-electron chi connectivity index (χ1n) is 7.32. The molecule has 2 amide bonds. The number of aldehydes is 1. The van der Waals surface area contributed by atoms with Crippen LogP contribution in [0.4, 0.5) is 0 Å². The minimum absolute atomic E-state index is 0.137. The van der Waals surface area contributed by atoms with Gasteiger partial charge in [0.25, 0.3) is 11.8 Å². The summed E-state index contributed by atoms with van der Waals surface area (Å²) in [4.78, 5) is 52.2. The van der Waals surface area contributed by atoms with E-state index in [-0.39, 0.29) is 29.5 Å². The van der Waals surface area contributed by atoms with E-state index in [2.05, 4.69) is 4.98 Å². The second-order valence-electron chi connectivity index (χ2n) is 5.37. The van der Waals surface area contributed by atoms with Crippen LogP contribution >= 0.6 is 0 Å². The first kappa shape index (κ1) is 15.0. The van der Waals surface area contributed by atoms with E-state index in [1.165, 1.54) is 6.20 Å². The van der Waals surface area contributed by atoms with Crippen molar-refractivity contribution in [2.45, 2.75) is 19.3 Å². The molecule has 2 heterocycles. The molecule has 0 atom stereocenters. The molecular formula is C17H14N2O4. The maximum Gasteiger partial charge on any atom is 0.280 e. The summed E-state index contributed by atoms with van der Waals surface area (Å²) in [6, 6.07) is 3.20. The van der Waals surface area contributed by atoms with Crippen molar-refractivity contribution >= 4 is 23.9 Å². The highest BCUT2D eigenvalue weighted by Crippen LogP contribution is 2.22. The molecule has 0 saturated heterocycles. The molecule has 1 aromatic rings. The highest BCUT2D eigenvalue weighted by molar-refractivity contribution is 6.20. The molecule has 0 bridgehead atoms. The van der Waals surface area contributed by atoms with Crippen molar-refractivity contribution in [1.29, 1.82) is 0 Å². The van der Waals surface area contributed by atoms with Gasteiger partial charge >= 0.3 is 0 Å². The van der Waals surface area contributed by atoms with Crippen LogP contribution in [0, 0.1) is 0 Å². The smallest absolute Gasteiger partial charge is 0.280 e. The van der Waals surface area contributed by atoms with Gasteiger partial charge in [0.2, 0.25) is 0 Å². The molecule has 116 valence electrons. The molecule has 6 nitrogen and oxygen atoms in total. The average Bonchev–Trinajstić information content (AvgIpc) is 2.70. The number of hydrogen-bond donors (Lipinski definition) is 0. The lowest BCUT2D eigenvalue weighted by Crippen LogP contribution is -2.31. The Hall–Kier alpha value is -2.89. The number of Topliss-reactive ketones (excluding diaryl/α,β-unsaturated/α-hetero) is 1. The molecular weight excluding hydrogens is 296 g/mol. The number of nitrogens with zero attached hydrogens (tertiary/aromatic N) is 2. The number of rotatable bonds is 4. The van der Waals surface area contributed by atoms with E-state index in [1.807, 2.05) is 6.08 Å². The summed E-state index contributed by atoms with van der Waals surface area (Å²) in [5.74, 6) is -0.949. The molecule has 0 saturated carbocycles. The predicted octanol–water partition coefficient (Wildman–Crippen LogP) is 1.48. The minimum Gasteiger partial charge on any atom is -0.298 e. The first-order chi connectivity index (χ1) is 11.1. The molecule has 0 aromatic carbocycles. The molecule has 0 radical (unpaired) electrons. The van der Waals surface area contributed by atoms with Gasteiger partial charge in [0.1, 0.15) is 5.69 Å². The zero-order valence-corrected chi connectivity index (χ0v) is 12.3. The summed E-state index contributed by atoms with van der Waals surface area (Å²) in [6.07, 6.45) is 6.68. The summed E-state index contributed by atoms with van der Waals surface area (Å²) in [6.45, 7) is 0.191. The van der Waals surface area contributed by atoms with Crippen molar-refractivity contribution in [3.05, 3.63) is 52.9 Å². The van der Waals surface area contributed by atoms with Gasteiger partial charge in [-0.05, 0) is 36.6 Å². The summed E-state index contributed by atoms with van der Waals surface area (Å²) in [5.41, 5.74) is 1.40. The van der Waals surface area contributed by atoms with Gasteiger partial charge in [0, 0.05) is 19.2 Å². The molecule has 0 spiro atoms. The second kappa shape index (κ2) is 6.08. The third-order valence-corrected chi connectivity index (χ3v) is 3.92. The fourth-order valence-electron chi connectivity index (χ4n) is 2.70. The van der Waals surface area contributed by atoms with E-state index < -0.39 is 5.91 Å². The lowest BCUT2D eigenvalue weighted by atomic mass is 10.1. The molecule has 6 heteroatoms. The van der Waals surface area contributed by atoms with Crippen LogP contribution in [-0.4, -0.2) is 40.3 Å². The van der Waals surface area contributed by atoms with Gasteiger partial charge in [-0.1, -0.05) is 6.08 Å². The Morgan fingerprint density at radius 2 is 2.04 bits per heavy atom. The molecule has 2 aliphatic rings. The Kier molecular flexibility index (Phi) is 3.97. The van der Waals surface area contributed by atoms with Crippen LogP contribution in [0.5, 0.6) is 0 Å². The first-order valence-corrected chi connectivity index (χ1v) is 7.32. The molecule has 23 heavy (non-hydrogen) atoms. The zero-order valence-electron chi connectivity index (χ0n) is 12.3. The number of hydrogen-bond acceptors (Lipinski definition) is 5. The van der Waals surface area contributed by atoms with Crippen molar-refractivity contribution in [3.63, 3.8) is 0 Å². The highest BCUT2D eigenvalue weighted by atomic mass is 16.2. The summed E-state index contributed by atoms with van der Waals surface area (Å²) in [5, 5.41) is 0. The summed E-state index contributed by atoms with van der Waals surface area (Å²) in [7, 11) is 0. The number of aromatic nitrogens is 1. The molecule has 1 aliphatic heterocycles. The van der Waals surface area contributed by atoms with E-state index >= 15 is 0 Å². The summed E-state index contributed by atoms with van der Waals surface area (Å²) < 4.78 is 0. The van der Waals surface area contributed by atoms with Crippen LogP contribution in [-0.2, 0) is 9.59 Å². The number of carbonyl (C=O) groups is 4. The van der Waals surface area contributed by atoms with Crippen LogP contribution in [0.3, 0.4) is 0 Å². The molecule has 0 unspecified atom stereocenters. The van der Waals surface area contributed by atoms with E-state index in [0.29, 0.717) is 31.1 Å². The Balaban J connectivity index is 1.75. The largest absolute Gasteiger partial charge is 0.298 e. The van der Waals surface area contributed by atoms with E-state index in [4.69, 9.17) is 0 Å². The van der Waals surface area contributed by atoms with Gasteiger partial charge in [0.05, 0.1) is 11.1 Å². The standard InChI is InChI=1S/C17H14N2O4/c20-10-12-9-11(3-1-5-14(12)21)6-8-19-16(22)13-4-2-7-18-15(13)17(19)23/h2-4,7,9-10H,1,5-6,8H2. The molecule has 3 rings (SSSR count). The lowest BCUT2D eigenvalue weighted by Gasteiger charge is -2.13. The molecule has 0 N–H and O–H groups in total. The van der Waals surface area contributed by atoms with Crippen molar-refractivity contribution in [3.8, 4) is 0 Å². The number of imide groups is 1. The van der Waals surface area contributed by atoms with Crippen molar-refractivity contribution in [2.24, 2.45) is 0 Å². The van der Waals surface area contributed by atoms with E-state index in [1.54, 1.807) is 18.2 Å². The number of carbonyl (C=O) groups excluding carboxylic acids is 4. The lowest BCUT2D eigenvalue weighted by molar-refractivity contribution is -0.117. The van der Waals surface area contributed by atoms with Crippen LogP contribution in [0.2, 0.25) is 0 Å². The molecule has 1 aliphatic carbocycles. The van der Waals surface area contributed by atoms with Crippen LogP contribution in [0.15, 0.2) is 41.6 Å². The monoisotopic (exact) mass is 310 g/mol. The third-order valence-electron chi connectivity index (χ3n) is 3.92. The SMILES string of the molecule is O=CC1=CC(CCN2C(=O)c3cccnc3C2=O)=CCCC1=O. The second-order valence-corrected chi connectivity index (χ2v) is 5.37. The normalized spacial score (nSPS) is 17.6. The van der Waals surface area contributed by atoms with Crippen LogP contribution in [0.1, 0.15) is 40.1 Å². The number of fused-ring (bicyclic) bond motifs is 1. The van der Waals surface area contributed by atoms with Gasteiger partial charge in [-0.25, -0.2) is 0 Å². The van der Waals surface area contributed by atoms with Crippen molar-refractivity contribution < 1.29 is 19.2 Å².